The fourth-order valence-electron chi connectivity index (χ4n) is 3.99. The molecule has 28 heavy (non-hydrogen) atoms. The molecule has 0 aliphatic carbocycles. The fourth-order valence-corrected chi connectivity index (χ4v) is 4.40. The third kappa shape index (κ3) is 5.67. The minimum absolute atomic E-state index is 0.572. The predicted molar refractivity (Wildman–Crippen MR) is 114 cm³/mol. The molecule has 2 aliphatic heterocycles. The largest absolute Gasteiger partial charge is 0.463 e. The Morgan fingerprint density at radius 3 is 2.39 bits per heavy atom. The molecule has 152 valence electrons. The second-order valence-electron chi connectivity index (χ2n) is 7.78. The van der Waals surface area contributed by atoms with Gasteiger partial charge in [-0.1, -0.05) is 34.1 Å². The lowest BCUT2D eigenvalue weighted by atomic mass is 10.0. The van der Waals surface area contributed by atoms with E-state index in [2.05, 4.69) is 67.4 Å². The summed E-state index contributed by atoms with van der Waals surface area (Å²) < 4.78 is 12.6. The van der Waals surface area contributed by atoms with Gasteiger partial charge < -0.3 is 14.5 Å². The molecule has 0 saturated carbocycles. The predicted octanol–water partition coefficient (Wildman–Crippen LogP) is 3.63. The molecule has 0 amide bonds. The average molecular weight is 448 g/mol. The van der Waals surface area contributed by atoms with E-state index in [1.807, 2.05) is 0 Å². The molecule has 0 radical (unpaired) electrons. The van der Waals surface area contributed by atoms with Crippen molar-refractivity contribution in [2.24, 2.45) is 0 Å². The third-order valence-electron chi connectivity index (χ3n) is 5.70. The van der Waals surface area contributed by atoms with Crippen LogP contribution in [0, 0.1) is 0 Å². The number of furan rings is 1. The van der Waals surface area contributed by atoms with Crippen molar-refractivity contribution in [1.82, 2.24) is 15.1 Å². The molecule has 2 fully saturated rings. The molecule has 4 rings (SSSR count). The first-order chi connectivity index (χ1) is 13.8. The first kappa shape index (κ1) is 20.1. The van der Waals surface area contributed by atoms with Crippen LogP contribution < -0.4 is 5.32 Å². The summed E-state index contributed by atoms with van der Waals surface area (Å²) in [5.41, 5.74) is 1.37. The van der Waals surface area contributed by atoms with Gasteiger partial charge in [0.05, 0.1) is 26.3 Å². The van der Waals surface area contributed by atoms with Gasteiger partial charge in [0.15, 0.2) is 0 Å². The highest BCUT2D eigenvalue weighted by molar-refractivity contribution is 9.10. The van der Waals surface area contributed by atoms with Gasteiger partial charge in [-0.25, -0.2) is 0 Å². The molecule has 2 aromatic rings. The molecule has 0 atom stereocenters. The number of hydrogen-bond donors (Lipinski definition) is 1. The van der Waals surface area contributed by atoms with Crippen LogP contribution in [0.15, 0.2) is 45.3 Å². The third-order valence-corrected chi connectivity index (χ3v) is 6.48. The van der Waals surface area contributed by atoms with Crippen LogP contribution in [0.25, 0.3) is 0 Å². The summed E-state index contributed by atoms with van der Waals surface area (Å²) in [4.78, 5) is 4.94. The first-order valence-corrected chi connectivity index (χ1v) is 11.1. The van der Waals surface area contributed by atoms with Gasteiger partial charge in [-0.05, 0) is 49.7 Å². The van der Waals surface area contributed by atoms with Crippen molar-refractivity contribution in [2.45, 2.75) is 38.5 Å². The Hall–Kier alpha value is -1.18. The lowest BCUT2D eigenvalue weighted by Crippen LogP contribution is -2.41. The number of benzene rings is 1. The van der Waals surface area contributed by atoms with Gasteiger partial charge in [0.1, 0.15) is 11.5 Å². The standard InChI is InChI=1S/C22H30BrN3O2/c23-22-4-2-1-3-18(22)16-25-9-7-19(8-10-25)24-15-20-5-6-21(28-20)17-26-11-13-27-14-12-26/h1-6,19,24H,7-17H2. The van der Waals surface area contributed by atoms with Gasteiger partial charge in [0.2, 0.25) is 0 Å². The summed E-state index contributed by atoms with van der Waals surface area (Å²) in [6, 6.07) is 13.3. The van der Waals surface area contributed by atoms with Gasteiger partial charge in [0, 0.05) is 30.1 Å². The van der Waals surface area contributed by atoms with Crippen LogP contribution >= 0.6 is 15.9 Å². The number of piperidine rings is 1. The van der Waals surface area contributed by atoms with E-state index in [1.54, 1.807) is 0 Å². The monoisotopic (exact) mass is 447 g/mol. The SMILES string of the molecule is Brc1ccccc1CN1CCC(NCc2ccc(CN3CCOCC3)o2)CC1. The minimum Gasteiger partial charge on any atom is -0.463 e. The number of morpholine rings is 1. The molecule has 3 heterocycles. The van der Waals surface area contributed by atoms with Crippen LogP contribution in [0.2, 0.25) is 0 Å². The summed E-state index contributed by atoms with van der Waals surface area (Å²) in [5, 5.41) is 3.69. The smallest absolute Gasteiger partial charge is 0.118 e. The summed E-state index contributed by atoms with van der Waals surface area (Å²) in [7, 11) is 0. The van der Waals surface area contributed by atoms with E-state index >= 15 is 0 Å². The molecule has 6 heteroatoms. The molecular weight excluding hydrogens is 418 g/mol. The fraction of sp³-hybridized carbons (Fsp3) is 0.545. The van der Waals surface area contributed by atoms with Crippen LogP contribution in [-0.4, -0.2) is 55.2 Å². The van der Waals surface area contributed by atoms with Crippen molar-refractivity contribution in [2.75, 3.05) is 39.4 Å². The summed E-state index contributed by atoms with van der Waals surface area (Å²) in [6.07, 6.45) is 2.37. The summed E-state index contributed by atoms with van der Waals surface area (Å²) in [5.74, 6) is 2.10. The molecule has 1 N–H and O–H groups in total. The lowest BCUT2D eigenvalue weighted by Gasteiger charge is -2.32. The molecule has 5 nitrogen and oxygen atoms in total. The Morgan fingerprint density at radius 1 is 0.893 bits per heavy atom. The van der Waals surface area contributed by atoms with Crippen LogP contribution in [0.3, 0.4) is 0 Å². The van der Waals surface area contributed by atoms with E-state index in [1.165, 1.54) is 22.9 Å². The number of hydrogen-bond acceptors (Lipinski definition) is 5. The van der Waals surface area contributed by atoms with Gasteiger partial charge in [-0.2, -0.15) is 0 Å². The minimum atomic E-state index is 0.572. The van der Waals surface area contributed by atoms with Crippen molar-refractivity contribution >= 4 is 15.9 Å². The average Bonchev–Trinajstić information content (AvgIpc) is 3.17. The van der Waals surface area contributed by atoms with Gasteiger partial charge in [-0.15, -0.1) is 0 Å². The number of nitrogens with one attached hydrogen (secondary N) is 1. The molecule has 1 aromatic carbocycles. The highest BCUT2D eigenvalue weighted by Gasteiger charge is 2.20. The Kier molecular flexibility index (Phi) is 7.20. The number of likely N-dealkylation sites (tertiary alicyclic amines) is 1. The zero-order valence-corrected chi connectivity index (χ0v) is 18.0. The maximum atomic E-state index is 6.03. The zero-order chi connectivity index (χ0) is 19.2. The van der Waals surface area contributed by atoms with Crippen molar-refractivity contribution in [3.63, 3.8) is 0 Å². The normalized spacial score (nSPS) is 19.9. The molecule has 1 aromatic heterocycles. The highest BCUT2D eigenvalue weighted by atomic mass is 79.9. The number of halogens is 1. The van der Waals surface area contributed by atoms with Crippen LogP contribution in [-0.2, 0) is 24.4 Å². The lowest BCUT2D eigenvalue weighted by molar-refractivity contribution is 0.0311. The highest BCUT2D eigenvalue weighted by Crippen LogP contribution is 2.20. The maximum Gasteiger partial charge on any atom is 0.118 e. The summed E-state index contributed by atoms with van der Waals surface area (Å²) >= 11 is 3.66. The Labute approximate surface area is 176 Å². The van der Waals surface area contributed by atoms with Crippen LogP contribution in [0.5, 0.6) is 0 Å². The Morgan fingerprint density at radius 2 is 1.61 bits per heavy atom. The Bertz CT molecular complexity index is 737. The maximum absolute atomic E-state index is 6.03. The molecule has 2 aliphatic rings. The van der Waals surface area contributed by atoms with E-state index in [0.29, 0.717) is 6.04 Å². The zero-order valence-electron chi connectivity index (χ0n) is 16.4. The van der Waals surface area contributed by atoms with Crippen molar-refractivity contribution in [3.05, 3.63) is 58.0 Å². The quantitative estimate of drug-likeness (QED) is 0.701. The van der Waals surface area contributed by atoms with E-state index in [4.69, 9.17) is 9.15 Å². The van der Waals surface area contributed by atoms with E-state index in [9.17, 15) is 0 Å². The van der Waals surface area contributed by atoms with Crippen molar-refractivity contribution in [3.8, 4) is 0 Å². The van der Waals surface area contributed by atoms with Crippen LogP contribution in [0.1, 0.15) is 29.9 Å². The molecule has 0 spiro atoms. The van der Waals surface area contributed by atoms with Gasteiger partial charge in [0.25, 0.3) is 0 Å². The van der Waals surface area contributed by atoms with Crippen LogP contribution in [0.4, 0.5) is 0 Å². The molecule has 2 saturated heterocycles. The molecule has 0 bridgehead atoms. The van der Waals surface area contributed by atoms with Crippen molar-refractivity contribution in [1.29, 1.82) is 0 Å². The Balaban J connectivity index is 1.18. The van der Waals surface area contributed by atoms with Crippen molar-refractivity contribution < 1.29 is 9.15 Å². The van der Waals surface area contributed by atoms with E-state index in [0.717, 1.165) is 70.5 Å². The first-order valence-electron chi connectivity index (χ1n) is 10.3. The summed E-state index contributed by atoms with van der Waals surface area (Å²) in [6.45, 7) is 8.65. The number of nitrogens with zero attached hydrogens (tertiary/aromatic N) is 2. The van der Waals surface area contributed by atoms with E-state index in [-0.39, 0.29) is 0 Å². The second kappa shape index (κ2) is 10.0. The van der Waals surface area contributed by atoms with Gasteiger partial charge >= 0.3 is 0 Å². The number of ether oxygens (including phenoxy) is 1. The topological polar surface area (TPSA) is 40.9 Å². The van der Waals surface area contributed by atoms with Gasteiger partial charge in [-0.3, -0.25) is 9.80 Å². The second-order valence-corrected chi connectivity index (χ2v) is 8.63. The molecule has 0 unspecified atom stereocenters. The number of rotatable bonds is 7. The van der Waals surface area contributed by atoms with E-state index < -0.39 is 0 Å². The molecular formula is C22H30BrN3O2.